The second-order valence-electron chi connectivity index (χ2n) is 8.40. The van der Waals surface area contributed by atoms with E-state index < -0.39 is 11.5 Å². The van der Waals surface area contributed by atoms with Gasteiger partial charge in [-0.1, -0.05) is 37.3 Å². The molecule has 1 aliphatic carbocycles. The van der Waals surface area contributed by atoms with Gasteiger partial charge in [-0.05, 0) is 56.1 Å². The second kappa shape index (κ2) is 9.25. The third-order valence-corrected chi connectivity index (χ3v) is 6.30. The van der Waals surface area contributed by atoms with E-state index in [1.165, 1.54) is 0 Å². The maximum atomic E-state index is 12.8. The summed E-state index contributed by atoms with van der Waals surface area (Å²) in [6.07, 6.45) is 7.07. The van der Waals surface area contributed by atoms with Crippen molar-refractivity contribution in [3.8, 4) is 0 Å². The minimum atomic E-state index is -1.13. The Kier molecular flexibility index (Phi) is 6.72. The van der Waals surface area contributed by atoms with Crippen LogP contribution in [0.4, 0.5) is 0 Å². The number of nitrogens with one attached hydrogen (secondary N) is 1. The number of benzene rings is 1. The van der Waals surface area contributed by atoms with Crippen LogP contribution in [0.2, 0.25) is 0 Å². The molecular formula is C23H30N2O4. The zero-order valence-electron chi connectivity index (χ0n) is 17.0. The number of piperidine rings is 1. The molecule has 2 amide bonds. The Morgan fingerprint density at radius 3 is 2.28 bits per heavy atom. The summed E-state index contributed by atoms with van der Waals surface area (Å²) in [4.78, 5) is 38.8. The van der Waals surface area contributed by atoms with Crippen molar-refractivity contribution < 1.29 is 19.5 Å². The number of hydrogen-bond acceptors (Lipinski definition) is 3. The average Bonchev–Trinajstić information content (AvgIpc) is 2.74. The number of carboxylic acids is 1. The highest BCUT2D eigenvalue weighted by atomic mass is 16.4. The summed E-state index contributed by atoms with van der Waals surface area (Å²) < 4.78 is 0. The molecule has 6 nitrogen and oxygen atoms in total. The molecule has 3 rings (SSSR count). The van der Waals surface area contributed by atoms with Gasteiger partial charge in [0.15, 0.2) is 0 Å². The van der Waals surface area contributed by atoms with E-state index in [1.807, 2.05) is 30.3 Å². The molecule has 0 bridgehead atoms. The van der Waals surface area contributed by atoms with Gasteiger partial charge in [0.05, 0.1) is 0 Å². The molecule has 2 fully saturated rings. The molecule has 6 heteroatoms. The van der Waals surface area contributed by atoms with Gasteiger partial charge in [0.25, 0.3) is 0 Å². The van der Waals surface area contributed by atoms with E-state index in [0.29, 0.717) is 44.7 Å². The first-order chi connectivity index (χ1) is 13.9. The van der Waals surface area contributed by atoms with Crippen molar-refractivity contribution in [3.05, 3.63) is 42.0 Å². The highest BCUT2D eigenvalue weighted by Gasteiger charge is 2.43. The van der Waals surface area contributed by atoms with Gasteiger partial charge < -0.3 is 15.3 Å². The van der Waals surface area contributed by atoms with Crippen molar-refractivity contribution in [3.63, 3.8) is 0 Å². The fourth-order valence-corrected chi connectivity index (χ4v) is 4.18. The molecule has 0 aromatic heterocycles. The SMILES string of the molecule is CC1CCC(NC(=O)C2CCN(C(=O)C=Cc3ccccc3)CC2)(C(=O)O)CC1. The largest absolute Gasteiger partial charge is 0.480 e. The van der Waals surface area contributed by atoms with E-state index in [-0.39, 0.29) is 17.7 Å². The quantitative estimate of drug-likeness (QED) is 0.746. The summed E-state index contributed by atoms with van der Waals surface area (Å²) >= 11 is 0. The Hall–Kier alpha value is -2.63. The molecule has 1 heterocycles. The fourth-order valence-electron chi connectivity index (χ4n) is 4.18. The number of amides is 2. The number of likely N-dealkylation sites (tertiary alicyclic amines) is 1. The minimum Gasteiger partial charge on any atom is -0.480 e. The Morgan fingerprint density at radius 2 is 1.69 bits per heavy atom. The summed E-state index contributed by atoms with van der Waals surface area (Å²) in [7, 11) is 0. The minimum absolute atomic E-state index is 0.0593. The standard InChI is InChI=1S/C23H30N2O4/c1-17-9-13-23(14-10-17,22(28)29)24-21(27)19-11-15-25(16-12-19)20(26)8-7-18-5-3-2-4-6-18/h2-8,17,19H,9-16H2,1H3,(H,24,27)(H,28,29). The molecule has 1 saturated carbocycles. The summed E-state index contributed by atoms with van der Waals surface area (Å²) in [6.45, 7) is 3.13. The monoisotopic (exact) mass is 398 g/mol. The van der Waals surface area contributed by atoms with Crippen molar-refractivity contribution in [1.29, 1.82) is 0 Å². The van der Waals surface area contributed by atoms with Gasteiger partial charge in [0, 0.05) is 25.1 Å². The highest BCUT2D eigenvalue weighted by molar-refractivity contribution is 5.92. The predicted molar refractivity (Wildman–Crippen MR) is 111 cm³/mol. The number of hydrogen-bond donors (Lipinski definition) is 2. The maximum Gasteiger partial charge on any atom is 0.329 e. The lowest BCUT2D eigenvalue weighted by Crippen LogP contribution is -2.58. The van der Waals surface area contributed by atoms with Gasteiger partial charge in [-0.3, -0.25) is 9.59 Å². The molecule has 156 valence electrons. The Balaban J connectivity index is 1.52. The normalized spacial score (nSPS) is 25.7. The third kappa shape index (κ3) is 5.25. The number of carboxylic acid groups (broad SMARTS) is 1. The van der Waals surface area contributed by atoms with Gasteiger partial charge in [0.1, 0.15) is 5.54 Å². The van der Waals surface area contributed by atoms with Crippen molar-refractivity contribution in [1.82, 2.24) is 10.2 Å². The highest BCUT2D eigenvalue weighted by Crippen LogP contribution is 2.33. The van der Waals surface area contributed by atoms with Crippen LogP contribution in [0.1, 0.15) is 51.0 Å². The molecular weight excluding hydrogens is 368 g/mol. The van der Waals surface area contributed by atoms with Crippen LogP contribution in [0.3, 0.4) is 0 Å². The van der Waals surface area contributed by atoms with E-state index in [1.54, 1.807) is 17.1 Å². The van der Waals surface area contributed by atoms with Gasteiger partial charge in [-0.25, -0.2) is 4.79 Å². The van der Waals surface area contributed by atoms with Crippen molar-refractivity contribution in [2.45, 2.75) is 51.0 Å². The predicted octanol–water partition coefficient (Wildman–Crippen LogP) is 3.09. The van der Waals surface area contributed by atoms with Crippen molar-refractivity contribution >= 4 is 23.9 Å². The molecule has 2 aliphatic rings. The molecule has 1 aromatic rings. The number of carbonyl (C=O) groups is 3. The van der Waals surface area contributed by atoms with Crippen LogP contribution in [0, 0.1) is 11.8 Å². The Labute approximate surface area is 172 Å². The number of aliphatic carboxylic acids is 1. The number of rotatable bonds is 5. The molecule has 2 N–H and O–H groups in total. The maximum absolute atomic E-state index is 12.8. The Bertz CT molecular complexity index is 758. The van der Waals surface area contributed by atoms with Crippen LogP contribution in [0.15, 0.2) is 36.4 Å². The summed E-state index contributed by atoms with van der Waals surface area (Å²) in [5.41, 5.74) is -0.162. The van der Waals surface area contributed by atoms with E-state index in [9.17, 15) is 19.5 Å². The topological polar surface area (TPSA) is 86.7 Å². The Morgan fingerprint density at radius 1 is 1.07 bits per heavy atom. The molecule has 1 aliphatic heterocycles. The van der Waals surface area contributed by atoms with Crippen molar-refractivity contribution in [2.24, 2.45) is 11.8 Å². The van der Waals surface area contributed by atoms with Crippen LogP contribution >= 0.6 is 0 Å². The summed E-state index contributed by atoms with van der Waals surface area (Å²) in [5, 5.41) is 12.6. The van der Waals surface area contributed by atoms with Crippen LogP contribution in [-0.4, -0.2) is 46.4 Å². The van der Waals surface area contributed by atoms with Crippen LogP contribution in [0.5, 0.6) is 0 Å². The fraction of sp³-hybridized carbons (Fsp3) is 0.522. The molecule has 0 unspecified atom stereocenters. The third-order valence-electron chi connectivity index (χ3n) is 6.30. The average molecular weight is 399 g/mol. The molecule has 1 aromatic carbocycles. The zero-order chi connectivity index (χ0) is 20.9. The number of carbonyl (C=O) groups excluding carboxylic acids is 2. The van der Waals surface area contributed by atoms with Gasteiger partial charge >= 0.3 is 5.97 Å². The zero-order valence-corrected chi connectivity index (χ0v) is 17.0. The molecule has 1 saturated heterocycles. The van der Waals surface area contributed by atoms with Crippen LogP contribution < -0.4 is 5.32 Å². The molecule has 29 heavy (non-hydrogen) atoms. The lowest BCUT2D eigenvalue weighted by atomic mass is 9.76. The lowest BCUT2D eigenvalue weighted by molar-refractivity contribution is -0.150. The smallest absolute Gasteiger partial charge is 0.329 e. The van der Waals surface area contributed by atoms with Gasteiger partial charge in [0.2, 0.25) is 11.8 Å². The van der Waals surface area contributed by atoms with Gasteiger partial charge in [-0.2, -0.15) is 0 Å². The first kappa shape index (κ1) is 21.1. The van der Waals surface area contributed by atoms with E-state index in [0.717, 1.165) is 18.4 Å². The number of nitrogens with zero attached hydrogens (tertiary/aromatic N) is 1. The van der Waals surface area contributed by atoms with Crippen LogP contribution in [0.25, 0.3) is 6.08 Å². The molecule has 0 atom stereocenters. The van der Waals surface area contributed by atoms with Gasteiger partial charge in [-0.15, -0.1) is 0 Å². The van der Waals surface area contributed by atoms with E-state index in [2.05, 4.69) is 12.2 Å². The summed E-state index contributed by atoms with van der Waals surface area (Å²) in [5.74, 6) is -0.924. The summed E-state index contributed by atoms with van der Waals surface area (Å²) in [6, 6.07) is 9.64. The molecule has 0 spiro atoms. The van der Waals surface area contributed by atoms with E-state index >= 15 is 0 Å². The first-order valence-corrected chi connectivity index (χ1v) is 10.5. The van der Waals surface area contributed by atoms with Crippen molar-refractivity contribution in [2.75, 3.05) is 13.1 Å². The van der Waals surface area contributed by atoms with E-state index in [4.69, 9.17) is 0 Å². The second-order valence-corrected chi connectivity index (χ2v) is 8.40. The van der Waals surface area contributed by atoms with Crippen LogP contribution in [-0.2, 0) is 14.4 Å². The first-order valence-electron chi connectivity index (χ1n) is 10.5. The lowest BCUT2D eigenvalue weighted by Gasteiger charge is -2.38. The molecule has 0 radical (unpaired) electrons.